The molecule has 0 aromatic heterocycles. The second kappa shape index (κ2) is 4.54. The van der Waals surface area contributed by atoms with Crippen LogP contribution in [0.4, 0.5) is 5.69 Å². The van der Waals surface area contributed by atoms with E-state index in [-0.39, 0.29) is 0 Å². The lowest BCUT2D eigenvalue weighted by Gasteiger charge is -2.02. The van der Waals surface area contributed by atoms with Gasteiger partial charge in [-0.15, -0.1) is 0 Å². The van der Waals surface area contributed by atoms with E-state index in [4.69, 9.17) is 11.6 Å². The van der Waals surface area contributed by atoms with E-state index in [1.54, 1.807) is 0 Å². The minimum Gasteiger partial charge on any atom is -0.327 e. The summed E-state index contributed by atoms with van der Waals surface area (Å²) in [5, 5.41) is 0. The zero-order valence-electron chi connectivity index (χ0n) is 6.83. The maximum Gasteiger partial charge on any atom is 0.0557 e. The number of hydrogen-bond donors (Lipinski definition) is 3. The van der Waals surface area contributed by atoms with Crippen LogP contribution in [0.5, 0.6) is 0 Å². The first-order chi connectivity index (χ1) is 5.88. The molecule has 0 saturated carbocycles. The van der Waals surface area contributed by atoms with Crippen molar-refractivity contribution in [3.63, 3.8) is 0 Å². The van der Waals surface area contributed by atoms with Gasteiger partial charge in [-0.1, -0.05) is 30.4 Å². The number of rotatable bonds is 3. The fourth-order valence-corrected chi connectivity index (χ4v) is 0.969. The largest absolute Gasteiger partial charge is 0.327 e. The third-order valence-electron chi connectivity index (χ3n) is 1.55. The quantitative estimate of drug-likeness (QED) is 0.459. The zero-order valence-corrected chi connectivity index (χ0v) is 6.83. The summed E-state index contributed by atoms with van der Waals surface area (Å²) in [6.07, 6.45) is 3.82. The van der Waals surface area contributed by atoms with E-state index in [0.29, 0.717) is 6.54 Å². The molecule has 0 bridgehead atoms. The molecular weight excluding hydrogens is 150 g/mol. The Hall–Kier alpha value is -1.32. The number of nitrogens with one attached hydrogen (secondary N) is 1. The molecule has 0 atom stereocenters. The topological polar surface area (TPSA) is 64.1 Å². The van der Waals surface area contributed by atoms with Gasteiger partial charge in [-0.25, -0.2) is 0 Å². The predicted molar refractivity (Wildman–Crippen MR) is 52.3 cm³/mol. The monoisotopic (exact) mass is 163 g/mol. The van der Waals surface area contributed by atoms with Gasteiger partial charge in [-0.05, 0) is 11.6 Å². The molecule has 0 saturated heterocycles. The van der Waals surface area contributed by atoms with Gasteiger partial charge < -0.3 is 11.2 Å². The van der Waals surface area contributed by atoms with Gasteiger partial charge in [-0.2, -0.15) is 0 Å². The first kappa shape index (κ1) is 8.77. The van der Waals surface area contributed by atoms with E-state index < -0.39 is 0 Å². The number of anilines is 1. The number of hydrazine groups is 1. The summed E-state index contributed by atoms with van der Waals surface area (Å²) in [5.74, 6) is 5.31. The molecule has 0 aliphatic carbocycles. The molecule has 1 aromatic carbocycles. The Morgan fingerprint density at radius 2 is 2.08 bits per heavy atom. The fourth-order valence-electron chi connectivity index (χ4n) is 0.969. The van der Waals surface area contributed by atoms with E-state index >= 15 is 0 Å². The molecule has 3 nitrogen and oxygen atoms in total. The third-order valence-corrected chi connectivity index (χ3v) is 1.55. The highest BCUT2D eigenvalue weighted by atomic mass is 15.2. The molecule has 0 heterocycles. The van der Waals surface area contributed by atoms with Crippen LogP contribution in [-0.4, -0.2) is 6.54 Å². The lowest BCUT2D eigenvalue weighted by molar-refractivity contribution is 1.26. The zero-order chi connectivity index (χ0) is 8.81. The van der Waals surface area contributed by atoms with Crippen molar-refractivity contribution in [1.29, 1.82) is 0 Å². The van der Waals surface area contributed by atoms with Crippen molar-refractivity contribution in [3.05, 3.63) is 35.9 Å². The molecule has 0 spiro atoms. The van der Waals surface area contributed by atoms with Gasteiger partial charge >= 0.3 is 0 Å². The number of nitrogens with two attached hydrogens (primary N) is 2. The molecule has 0 radical (unpaired) electrons. The average Bonchev–Trinajstić information content (AvgIpc) is 2.15. The van der Waals surface area contributed by atoms with Gasteiger partial charge in [0.1, 0.15) is 0 Å². The van der Waals surface area contributed by atoms with E-state index in [0.717, 1.165) is 11.3 Å². The lowest BCUT2D eigenvalue weighted by atomic mass is 10.1. The molecule has 5 N–H and O–H groups in total. The Morgan fingerprint density at radius 1 is 1.33 bits per heavy atom. The molecule has 12 heavy (non-hydrogen) atoms. The highest BCUT2D eigenvalue weighted by Gasteiger charge is 1.92. The summed E-state index contributed by atoms with van der Waals surface area (Å²) in [6.45, 7) is 0.541. The van der Waals surface area contributed by atoms with Crippen molar-refractivity contribution in [1.82, 2.24) is 0 Å². The fraction of sp³-hybridized carbons (Fsp3) is 0.111. The molecule has 64 valence electrons. The van der Waals surface area contributed by atoms with Crippen LogP contribution < -0.4 is 17.0 Å². The summed E-state index contributed by atoms with van der Waals surface area (Å²) in [5.41, 5.74) is 9.89. The van der Waals surface area contributed by atoms with Gasteiger partial charge in [0.05, 0.1) is 5.69 Å². The SMILES string of the molecule is NCC=Cc1ccccc1NN. The Bertz CT molecular complexity index is 268. The minimum atomic E-state index is 0.541. The maximum atomic E-state index is 5.33. The molecular formula is C9H13N3. The van der Waals surface area contributed by atoms with Crippen molar-refractivity contribution < 1.29 is 0 Å². The van der Waals surface area contributed by atoms with Crippen LogP contribution in [0.1, 0.15) is 5.56 Å². The smallest absolute Gasteiger partial charge is 0.0557 e. The highest BCUT2D eigenvalue weighted by molar-refractivity contribution is 5.65. The van der Waals surface area contributed by atoms with Gasteiger partial charge in [0.25, 0.3) is 0 Å². The van der Waals surface area contributed by atoms with Crippen LogP contribution in [0, 0.1) is 0 Å². The van der Waals surface area contributed by atoms with Crippen molar-refractivity contribution in [2.45, 2.75) is 0 Å². The third kappa shape index (κ3) is 2.08. The normalized spacial score (nSPS) is 10.5. The van der Waals surface area contributed by atoms with Crippen LogP contribution >= 0.6 is 0 Å². The maximum absolute atomic E-state index is 5.33. The van der Waals surface area contributed by atoms with Crippen LogP contribution in [0.2, 0.25) is 0 Å². The van der Waals surface area contributed by atoms with E-state index in [2.05, 4.69) is 5.43 Å². The van der Waals surface area contributed by atoms with Crippen molar-refractivity contribution in [3.8, 4) is 0 Å². The minimum absolute atomic E-state index is 0.541. The number of para-hydroxylation sites is 1. The molecule has 1 rings (SSSR count). The Kier molecular flexibility index (Phi) is 3.32. The van der Waals surface area contributed by atoms with Crippen molar-refractivity contribution >= 4 is 11.8 Å². The van der Waals surface area contributed by atoms with Crippen LogP contribution in [0.25, 0.3) is 6.08 Å². The lowest BCUT2D eigenvalue weighted by Crippen LogP contribution is -2.07. The van der Waals surface area contributed by atoms with Gasteiger partial charge in [-0.3, -0.25) is 5.84 Å². The van der Waals surface area contributed by atoms with Gasteiger partial charge in [0.15, 0.2) is 0 Å². The average molecular weight is 163 g/mol. The van der Waals surface area contributed by atoms with Gasteiger partial charge in [0.2, 0.25) is 0 Å². The highest BCUT2D eigenvalue weighted by Crippen LogP contribution is 2.14. The van der Waals surface area contributed by atoms with Gasteiger partial charge in [0, 0.05) is 6.54 Å². The molecule has 0 aliphatic rings. The number of benzene rings is 1. The first-order valence-corrected chi connectivity index (χ1v) is 3.80. The molecule has 0 aliphatic heterocycles. The number of hydrogen-bond acceptors (Lipinski definition) is 3. The van der Waals surface area contributed by atoms with E-state index in [1.165, 1.54) is 0 Å². The molecule has 0 unspecified atom stereocenters. The summed E-state index contributed by atoms with van der Waals surface area (Å²) < 4.78 is 0. The number of nitrogen functional groups attached to an aromatic ring is 1. The summed E-state index contributed by atoms with van der Waals surface area (Å²) in [7, 11) is 0. The van der Waals surface area contributed by atoms with Crippen LogP contribution in [-0.2, 0) is 0 Å². The second-order valence-electron chi connectivity index (χ2n) is 2.37. The molecule has 1 aromatic rings. The Balaban J connectivity index is 2.89. The van der Waals surface area contributed by atoms with Crippen molar-refractivity contribution in [2.75, 3.05) is 12.0 Å². The first-order valence-electron chi connectivity index (χ1n) is 3.80. The van der Waals surface area contributed by atoms with E-state index in [9.17, 15) is 0 Å². The standard InChI is InChI=1S/C9H13N3/c10-7-3-5-8-4-1-2-6-9(8)12-11/h1-6,12H,7,10-11H2. The van der Waals surface area contributed by atoms with E-state index in [1.807, 2.05) is 36.4 Å². The van der Waals surface area contributed by atoms with Crippen LogP contribution in [0.15, 0.2) is 30.3 Å². The Labute approximate surface area is 72.0 Å². The molecule has 0 fully saturated rings. The Morgan fingerprint density at radius 3 is 2.75 bits per heavy atom. The van der Waals surface area contributed by atoms with Crippen molar-refractivity contribution in [2.24, 2.45) is 11.6 Å². The molecule has 0 amide bonds. The summed E-state index contributed by atoms with van der Waals surface area (Å²) >= 11 is 0. The summed E-state index contributed by atoms with van der Waals surface area (Å²) in [4.78, 5) is 0. The van der Waals surface area contributed by atoms with Crippen LogP contribution in [0.3, 0.4) is 0 Å². The second-order valence-corrected chi connectivity index (χ2v) is 2.37. The predicted octanol–water partition coefficient (Wildman–Crippen LogP) is 0.944. The molecule has 3 heteroatoms. The summed E-state index contributed by atoms with van der Waals surface area (Å²) in [6, 6.07) is 7.77.